The first-order chi connectivity index (χ1) is 11.2. The van der Waals surface area contributed by atoms with Gasteiger partial charge in [-0.25, -0.2) is 9.97 Å². The number of nitrogens with zero attached hydrogens (tertiary/aromatic N) is 4. The lowest BCUT2D eigenvalue weighted by molar-refractivity contribution is 0.726. The van der Waals surface area contributed by atoms with E-state index < -0.39 is 0 Å². The molecule has 23 heavy (non-hydrogen) atoms. The molecular weight excluding hydrogens is 348 g/mol. The number of aryl methyl sites for hydroxylation is 2. The van der Waals surface area contributed by atoms with Gasteiger partial charge in [-0.15, -0.1) is 11.3 Å². The van der Waals surface area contributed by atoms with Gasteiger partial charge in [-0.3, -0.25) is 9.36 Å². The quantitative estimate of drug-likeness (QED) is 0.669. The standard InChI is InChI=1S/C15H14N4OS3/c1-19-13(20)10-8-3-2-4-9(8)21-12(10)17-14(19)22-15-16-11(18-23-15)7-5-6-7/h7H,2-6H2,1H3. The van der Waals surface area contributed by atoms with Gasteiger partial charge < -0.3 is 0 Å². The Labute approximate surface area is 145 Å². The molecule has 5 rings (SSSR count). The summed E-state index contributed by atoms with van der Waals surface area (Å²) in [6, 6.07) is 0. The molecule has 118 valence electrons. The summed E-state index contributed by atoms with van der Waals surface area (Å²) in [6.07, 6.45) is 5.66. The third-order valence-corrected chi connectivity index (χ3v) is 7.45. The molecule has 2 aliphatic rings. The zero-order valence-corrected chi connectivity index (χ0v) is 15.0. The van der Waals surface area contributed by atoms with E-state index in [2.05, 4.69) is 9.36 Å². The van der Waals surface area contributed by atoms with Gasteiger partial charge in [0, 0.05) is 17.8 Å². The van der Waals surface area contributed by atoms with Gasteiger partial charge in [0.05, 0.1) is 5.39 Å². The normalized spacial score (nSPS) is 17.1. The van der Waals surface area contributed by atoms with Crippen molar-refractivity contribution in [2.45, 2.75) is 47.5 Å². The second kappa shape index (κ2) is 5.12. The van der Waals surface area contributed by atoms with Crippen LogP contribution in [0.3, 0.4) is 0 Å². The molecule has 3 heterocycles. The number of rotatable bonds is 3. The maximum atomic E-state index is 12.8. The van der Waals surface area contributed by atoms with Crippen LogP contribution >= 0.6 is 34.6 Å². The molecule has 1 fully saturated rings. The molecule has 2 aliphatic carbocycles. The van der Waals surface area contributed by atoms with Crippen LogP contribution in [0.25, 0.3) is 10.2 Å². The Bertz CT molecular complexity index is 983. The molecule has 3 aromatic rings. The number of hydrogen-bond acceptors (Lipinski definition) is 7. The number of fused-ring (bicyclic) bond motifs is 3. The molecule has 0 N–H and O–H groups in total. The van der Waals surface area contributed by atoms with E-state index in [1.807, 2.05) is 0 Å². The van der Waals surface area contributed by atoms with Crippen molar-refractivity contribution >= 4 is 44.8 Å². The highest BCUT2D eigenvalue weighted by Gasteiger charge is 2.28. The molecule has 0 amide bonds. The fraction of sp³-hybridized carbons (Fsp3) is 0.467. The molecule has 0 aliphatic heterocycles. The predicted octanol–water partition coefficient (Wildman–Crippen LogP) is 3.36. The number of thiophene rings is 1. The topological polar surface area (TPSA) is 60.7 Å². The largest absolute Gasteiger partial charge is 0.290 e. The first kappa shape index (κ1) is 14.1. The van der Waals surface area contributed by atoms with Crippen molar-refractivity contribution in [3.63, 3.8) is 0 Å². The van der Waals surface area contributed by atoms with Gasteiger partial charge in [-0.2, -0.15) is 4.37 Å². The minimum Gasteiger partial charge on any atom is -0.290 e. The Hall–Kier alpha value is -1.25. The second-order valence-corrected chi connectivity index (χ2v) is 9.14. The van der Waals surface area contributed by atoms with Gasteiger partial charge in [0.1, 0.15) is 10.7 Å². The summed E-state index contributed by atoms with van der Waals surface area (Å²) >= 11 is 4.54. The Morgan fingerprint density at radius 2 is 2.13 bits per heavy atom. The molecule has 1 saturated carbocycles. The summed E-state index contributed by atoms with van der Waals surface area (Å²) in [5.41, 5.74) is 1.31. The molecular formula is C15H14N4OS3. The average Bonchev–Trinajstić information content (AvgIpc) is 2.95. The van der Waals surface area contributed by atoms with E-state index in [4.69, 9.17) is 4.98 Å². The third-order valence-electron chi connectivity index (χ3n) is 4.45. The Balaban J connectivity index is 1.58. The lowest BCUT2D eigenvalue weighted by Crippen LogP contribution is -2.19. The first-order valence-corrected chi connectivity index (χ1v) is 10.1. The zero-order chi connectivity index (χ0) is 15.6. The van der Waals surface area contributed by atoms with E-state index in [1.54, 1.807) is 23.0 Å². The summed E-state index contributed by atoms with van der Waals surface area (Å²) < 4.78 is 6.96. The highest BCUT2D eigenvalue weighted by Crippen LogP contribution is 2.41. The van der Waals surface area contributed by atoms with Gasteiger partial charge in [0.2, 0.25) is 0 Å². The molecule has 0 unspecified atom stereocenters. The molecule has 0 aromatic carbocycles. The van der Waals surface area contributed by atoms with Gasteiger partial charge in [0.15, 0.2) is 9.50 Å². The lowest BCUT2D eigenvalue weighted by atomic mass is 10.2. The minimum absolute atomic E-state index is 0.0730. The molecule has 5 nitrogen and oxygen atoms in total. The van der Waals surface area contributed by atoms with Crippen molar-refractivity contribution in [1.29, 1.82) is 0 Å². The van der Waals surface area contributed by atoms with Crippen molar-refractivity contribution in [3.8, 4) is 0 Å². The third kappa shape index (κ3) is 2.27. The van der Waals surface area contributed by atoms with Crippen molar-refractivity contribution in [2.24, 2.45) is 7.05 Å². The summed E-state index contributed by atoms with van der Waals surface area (Å²) in [5, 5.41) is 1.55. The highest BCUT2D eigenvalue weighted by atomic mass is 32.2. The maximum Gasteiger partial charge on any atom is 0.262 e. The van der Waals surface area contributed by atoms with Gasteiger partial charge in [-0.05, 0) is 61.0 Å². The summed E-state index contributed by atoms with van der Waals surface area (Å²) in [6.45, 7) is 0. The minimum atomic E-state index is 0.0730. The summed E-state index contributed by atoms with van der Waals surface area (Å²) in [7, 11) is 1.80. The maximum absolute atomic E-state index is 12.8. The van der Waals surface area contributed by atoms with E-state index in [9.17, 15) is 4.79 Å². The fourth-order valence-electron chi connectivity index (χ4n) is 3.04. The molecule has 0 spiro atoms. The molecule has 3 aromatic heterocycles. The SMILES string of the molecule is Cn1c(Sc2nc(C3CC3)ns2)nc2sc3c(c2c1=O)CCC3. The van der Waals surface area contributed by atoms with Gasteiger partial charge in [-0.1, -0.05) is 0 Å². The molecule has 0 saturated heterocycles. The predicted molar refractivity (Wildman–Crippen MR) is 92.9 cm³/mol. The molecule has 0 atom stereocenters. The highest BCUT2D eigenvalue weighted by molar-refractivity contribution is 8.00. The van der Waals surface area contributed by atoms with E-state index in [-0.39, 0.29) is 5.56 Å². The first-order valence-electron chi connectivity index (χ1n) is 7.73. The average molecular weight is 363 g/mol. The molecule has 8 heteroatoms. The monoisotopic (exact) mass is 362 g/mol. The van der Waals surface area contributed by atoms with Crippen molar-refractivity contribution in [2.75, 3.05) is 0 Å². The number of aromatic nitrogens is 4. The van der Waals surface area contributed by atoms with E-state index in [0.717, 1.165) is 39.6 Å². The lowest BCUT2D eigenvalue weighted by Gasteiger charge is -2.05. The van der Waals surface area contributed by atoms with Gasteiger partial charge >= 0.3 is 0 Å². The van der Waals surface area contributed by atoms with E-state index in [0.29, 0.717) is 11.1 Å². The number of hydrogen-bond donors (Lipinski definition) is 0. The summed E-state index contributed by atoms with van der Waals surface area (Å²) in [5.74, 6) is 1.51. The van der Waals surface area contributed by atoms with Crippen LogP contribution < -0.4 is 5.56 Å². The summed E-state index contributed by atoms with van der Waals surface area (Å²) in [4.78, 5) is 24.3. The van der Waals surface area contributed by atoms with Crippen LogP contribution in [0, 0.1) is 0 Å². The Morgan fingerprint density at radius 1 is 1.26 bits per heavy atom. The van der Waals surface area contributed by atoms with Crippen molar-refractivity contribution in [3.05, 3.63) is 26.6 Å². The van der Waals surface area contributed by atoms with Crippen LogP contribution in [0.5, 0.6) is 0 Å². The second-order valence-electron chi connectivity index (χ2n) is 6.09. The zero-order valence-electron chi connectivity index (χ0n) is 12.5. The Morgan fingerprint density at radius 3 is 2.96 bits per heavy atom. The van der Waals surface area contributed by atoms with Crippen LogP contribution in [0.4, 0.5) is 0 Å². The van der Waals surface area contributed by atoms with E-state index in [1.165, 1.54) is 46.6 Å². The smallest absolute Gasteiger partial charge is 0.262 e. The fourth-order valence-corrected chi connectivity index (χ4v) is 5.99. The molecule has 0 radical (unpaired) electrons. The molecule has 0 bridgehead atoms. The van der Waals surface area contributed by atoms with E-state index >= 15 is 0 Å². The van der Waals surface area contributed by atoms with Crippen molar-refractivity contribution < 1.29 is 0 Å². The Kier molecular flexibility index (Phi) is 3.15. The van der Waals surface area contributed by atoms with Crippen LogP contribution in [0.2, 0.25) is 0 Å². The van der Waals surface area contributed by atoms with Gasteiger partial charge in [0.25, 0.3) is 5.56 Å². The van der Waals surface area contributed by atoms with Crippen LogP contribution in [0.15, 0.2) is 14.3 Å². The van der Waals surface area contributed by atoms with Crippen molar-refractivity contribution in [1.82, 2.24) is 18.9 Å². The van der Waals surface area contributed by atoms with Crippen LogP contribution in [-0.2, 0) is 19.9 Å². The van der Waals surface area contributed by atoms with Crippen LogP contribution in [-0.4, -0.2) is 18.9 Å². The van der Waals surface area contributed by atoms with Crippen LogP contribution in [0.1, 0.15) is 41.4 Å².